The standard InChI is InChI=1S/C26H25ClN4O2/c27-22-12-9-18(14-28-25(32)19-10-11-19)13-20(22)26(33)30-23-7-4-8-24-21(23)15-29-31(24)16-17-5-2-1-3-6-17/h1-9,12-13,19,29H,10-11,14-16H2,(H,28,32)(H,30,33). The Morgan fingerprint density at radius 3 is 2.61 bits per heavy atom. The average Bonchev–Trinajstić information content (AvgIpc) is 3.61. The van der Waals surface area contributed by atoms with Crippen molar-refractivity contribution in [2.75, 3.05) is 10.3 Å². The first kappa shape index (κ1) is 21.5. The number of fused-ring (bicyclic) bond motifs is 1. The highest BCUT2D eigenvalue weighted by molar-refractivity contribution is 6.34. The molecule has 168 valence electrons. The van der Waals surface area contributed by atoms with E-state index in [0.717, 1.165) is 41.9 Å². The fraction of sp³-hybridized carbons (Fsp3) is 0.231. The second-order valence-corrected chi connectivity index (χ2v) is 8.88. The normalized spacial score (nSPS) is 14.6. The van der Waals surface area contributed by atoms with E-state index in [1.807, 2.05) is 42.5 Å². The Bertz CT molecular complexity index is 1190. The lowest BCUT2D eigenvalue weighted by Gasteiger charge is -2.19. The lowest BCUT2D eigenvalue weighted by atomic mass is 10.1. The third-order valence-electron chi connectivity index (χ3n) is 6.01. The number of rotatable bonds is 7. The summed E-state index contributed by atoms with van der Waals surface area (Å²) in [6.45, 7) is 1.73. The molecule has 1 heterocycles. The number of hydrogen-bond acceptors (Lipinski definition) is 4. The second kappa shape index (κ2) is 9.25. The maximum absolute atomic E-state index is 13.1. The van der Waals surface area contributed by atoms with Gasteiger partial charge in [-0.3, -0.25) is 9.59 Å². The average molecular weight is 461 g/mol. The number of hydrogen-bond donors (Lipinski definition) is 3. The SMILES string of the molecule is O=C(Nc1cccc2c1CNN2Cc1ccccc1)c1cc(CNC(=O)C2CC2)ccc1Cl. The molecule has 1 saturated carbocycles. The van der Waals surface area contributed by atoms with Crippen molar-refractivity contribution in [3.63, 3.8) is 0 Å². The van der Waals surface area contributed by atoms with E-state index in [2.05, 4.69) is 33.2 Å². The van der Waals surface area contributed by atoms with Crippen molar-refractivity contribution >= 4 is 34.8 Å². The monoisotopic (exact) mass is 460 g/mol. The lowest BCUT2D eigenvalue weighted by molar-refractivity contribution is -0.122. The van der Waals surface area contributed by atoms with E-state index in [-0.39, 0.29) is 17.7 Å². The van der Waals surface area contributed by atoms with Crippen molar-refractivity contribution < 1.29 is 9.59 Å². The first-order valence-corrected chi connectivity index (χ1v) is 11.5. The third-order valence-corrected chi connectivity index (χ3v) is 6.34. The molecule has 0 spiro atoms. The van der Waals surface area contributed by atoms with Crippen LogP contribution in [0.2, 0.25) is 5.02 Å². The van der Waals surface area contributed by atoms with Crippen LogP contribution in [0.3, 0.4) is 0 Å². The first-order valence-electron chi connectivity index (χ1n) is 11.1. The van der Waals surface area contributed by atoms with Crippen LogP contribution in [-0.2, 0) is 24.4 Å². The maximum Gasteiger partial charge on any atom is 0.257 e. The number of benzene rings is 3. The van der Waals surface area contributed by atoms with Gasteiger partial charge in [0.05, 0.1) is 22.8 Å². The van der Waals surface area contributed by atoms with Gasteiger partial charge in [-0.25, -0.2) is 5.43 Å². The molecular weight excluding hydrogens is 436 g/mol. The quantitative estimate of drug-likeness (QED) is 0.480. The molecule has 0 saturated heterocycles. The molecule has 2 amide bonds. The number of nitrogens with one attached hydrogen (secondary N) is 3. The van der Waals surface area contributed by atoms with Crippen molar-refractivity contribution in [1.29, 1.82) is 0 Å². The zero-order valence-electron chi connectivity index (χ0n) is 18.1. The second-order valence-electron chi connectivity index (χ2n) is 8.47. The topological polar surface area (TPSA) is 73.5 Å². The zero-order valence-corrected chi connectivity index (χ0v) is 18.9. The van der Waals surface area contributed by atoms with Gasteiger partial charge >= 0.3 is 0 Å². The zero-order chi connectivity index (χ0) is 22.8. The van der Waals surface area contributed by atoms with E-state index < -0.39 is 0 Å². The molecule has 1 aliphatic heterocycles. The summed E-state index contributed by atoms with van der Waals surface area (Å²) < 4.78 is 0. The summed E-state index contributed by atoms with van der Waals surface area (Å²) in [5, 5.41) is 8.42. The van der Waals surface area contributed by atoms with Gasteiger partial charge in [0.1, 0.15) is 0 Å². The Morgan fingerprint density at radius 1 is 1.00 bits per heavy atom. The van der Waals surface area contributed by atoms with Gasteiger partial charge in [0.2, 0.25) is 5.91 Å². The molecule has 0 unspecified atom stereocenters. The van der Waals surface area contributed by atoms with Gasteiger partial charge in [0.25, 0.3) is 5.91 Å². The minimum Gasteiger partial charge on any atom is -0.352 e. The maximum atomic E-state index is 13.1. The van der Waals surface area contributed by atoms with Gasteiger partial charge in [0, 0.05) is 30.3 Å². The van der Waals surface area contributed by atoms with Crippen molar-refractivity contribution in [2.45, 2.75) is 32.5 Å². The summed E-state index contributed by atoms with van der Waals surface area (Å²) in [5.74, 6) is -0.0519. The van der Waals surface area contributed by atoms with Gasteiger partial charge in [0.15, 0.2) is 0 Å². The van der Waals surface area contributed by atoms with Gasteiger partial charge < -0.3 is 15.6 Å². The van der Waals surface area contributed by atoms with Crippen molar-refractivity contribution in [3.8, 4) is 0 Å². The van der Waals surface area contributed by atoms with Crippen LogP contribution in [0.4, 0.5) is 11.4 Å². The van der Waals surface area contributed by atoms with Crippen LogP contribution in [0.1, 0.15) is 39.9 Å². The summed E-state index contributed by atoms with van der Waals surface area (Å²) in [4.78, 5) is 25.0. The molecule has 3 N–H and O–H groups in total. The third kappa shape index (κ3) is 4.87. The van der Waals surface area contributed by atoms with E-state index in [1.165, 1.54) is 5.56 Å². The van der Waals surface area contributed by atoms with Crippen LogP contribution in [-0.4, -0.2) is 11.8 Å². The molecule has 3 aromatic carbocycles. The minimum absolute atomic E-state index is 0.0726. The molecule has 5 rings (SSSR count). The molecule has 0 atom stereocenters. The van der Waals surface area contributed by atoms with Crippen molar-refractivity contribution in [2.24, 2.45) is 5.92 Å². The Balaban J connectivity index is 1.30. The van der Waals surface area contributed by atoms with Crippen LogP contribution in [0.15, 0.2) is 66.7 Å². The molecule has 1 aliphatic carbocycles. The van der Waals surface area contributed by atoms with E-state index >= 15 is 0 Å². The molecular formula is C26H25ClN4O2. The highest BCUT2D eigenvalue weighted by Crippen LogP contribution is 2.33. The smallest absolute Gasteiger partial charge is 0.257 e. The van der Waals surface area contributed by atoms with E-state index in [9.17, 15) is 9.59 Å². The Labute approximate surface area is 197 Å². The first-order chi connectivity index (χ1) is 16.1. The van der Waals surface area contributed by atoms with Crippen molar-refractivity contribution in [3.05, 3.63) is 94.0 Å². The van der Waals surface area contributed by atoms with Gasteiger partial charge in [-0.1, -0.05) is 54.1 Å². The molecule has 1 fully saturated rings. The Morgan fingerprint density at radius 2 is 1.82 bits per heavy atom. The summed E-state index contributed by atoms with van der Waals surface area (Å²) in [6, 6.07) is 21.4. The number of halogens is 1. The van der Waals surface area contributed by atoms with Gasteiger partial charge in [-0.15, -0.1) is 0 Å². The van der Waals surface area contributed by atoms with Crippen molar-refractivity contribution in [1.82, 2.24) is 10.7 Å². The van der Waals surface area contributed by atoms with Crippen LogP contribution in [0.25, 0.3) is 0 Å². The van der Waals surface area contributed by atoms with E-state index in [4.69, 9.17) is 11.6 Å². The van der Waals surface area contributed by atoms with E-state index in [1.54, 1.807) is 12.1 Å². The molecule has 33 heavy (non-hydrogen) atoms. The molecule has 3 aromatic rings. The number of hydrazine groups is 1. The molecule has 0 bridgehead atoms. The summed E-state index contributed by atoms with van der Waals surface area (Å²) in [5.41, 5.74) is 8.66. The van der Waals surface area contributed by atoms with Crippen LogP contribution < -0.4 is 21.1 Å². The van der Waals surface area contributed by atoms with Gasteiger partial charge in [-0.2, -0.15) is 0 Å². The fourth-order valence-corrected chi connectivity index (χ4v) is 4.23. The Kier molecular flexibility index (Phi) is 6.03. The molecule has 0 aromatic heterocycles. The van der Waals surface area contributed by atoms with E-state index in [0.29, 0.717) is 23.7 Å². The number of carbonyl (C=O) groups is 2. The highest BCUT2D eigenvalue weighted by atomic mass is 35.5. The summed E-state index contributed by atoms with van der Waals surface area (Å²) in [6.07, 6.45) is 1.91. The molecule has 7 heteroatoms. The summed E-state index contributed by atoms with van der Waals surface area (Å²) in [7, 11) is 0. The minimum atomic E-state index is -0.273. The molecule has 0 radical (unpaired) electrons. The number of carbonyl (C=O) groups excluding carboxylic acids is 2. The predicted octanol–water partition coefficient (Wildman–Crippen LogP) is 4.64. The Hall–Kier alpha value is -3.35. The number of nitrogens with zero attached hydrogens (tertiary/aromatic N) is 1. The fourth-order valence-electron chi connectivity index (χ4n) is 4.02. The van der Waals surface area contributed by atoms with Crippen LogP contribution >= 0.6 is 11.6 Å². The number of anilines is 2. The predicted molar refractivity (Wildman–Crippen MR) is 130 cm³/mol. The number of amides is 2. The molecule has 2 aliphatic rings. The van der Waals surface area contributed by atoms with Crippen LogP contribution in [0, 0.1) is 5.92 Å². The van der Waals surface area contributed by atoms with Gasteiger partial charge in [-0.05, 0) is 48.2 Å². The molecule has 6 nitrogen and oxygen atoms in total. The lowest BCUT2D eigenvalue weighted by Crippen LogP contribution is -2.31. The van der Waals surface area contributed by atoms with Crippen LogP contribution in [0.5, 0.6) is 0 Å². The largest absolute Gasteiger partial charge is 0.352 e. The summed E-state index contributed by atoms with van der Waals surface area (Å²) >= 11 is 6.34. The highest BCUT2D eigenvalue weighted by Gasteiger charge is 2.29.